The van der Waals surface area contributed by atoms with Gasteiger partial charge in [0.05, 0.1) is 0 Å². The van der Waals surface area contributed by atoms with Crippen LogP contribution in [0.4, 0.5) is 0 Å². The Kier molecular flexibility index (Phi) is 4.05. The molecule has 1 saturated heterocycles. The fraction of sp³-hybridized carbons (Fsp3) is 0.500. The molecular weight excluding hydrogens is 318 g/mol. The molecule has 20 heavy (non-hydrogen) atoms. The summed E-state index contributed by atoms with van der Waals surface area (Å²) in [6.45, 7) is 8.80. The number of amides is 2. The molecule has 0 N–H and O–H groups in total. The van der Waals surface area contributed by atoms with Crippen LogP contribution in [0.5, 0.6) is 0 Å². The van der Waals surface area contributed by atoms with E-state index in [1.54, 1.807) is 6.07 Å². The SMILES string of the molecule is Cc1cc(C(=O)N2CC(C(C)(C)C)CC2=O)ccc1Br. The molecule has 1 aromatic carbocycles. The fourth-order valence-corrected chi connectivity index (χ4v) is 2.66. The molecule has 1 aromatic rings. The van der Waals surface area contributed by atoms with Gasteiger partial charge in [0.25, 0.3) is 5.91 Å². The van der Waals surface area contributed by atoms with E-state index in [1.165, 1.54) is 4.90 Å². The molecular formula is C16H20BrNO2. The number of benzene rings is 1. The number of carbonyl (C=O) groups excluding carboxylic acids is 2. The third-order valence-corrected chi connectivity index (χ3v) is 4.89. The molecule has 108 valence electrons. The standard InChI is InChI=1S/C16H20BrNO2/c1-10-7-11(5-6-13(10)17)15(20)18-9-12(8-14(18)19)16(2,3)4/h5-7,12H,8-9H2,1-4H3. The number of aryl methyl sites for hydroxylation is 1. The van der Waals surface area contributed by atoms with Crippen LogP contribution in [0.25, 0.3) is 0 Å². The van der Waals surface area contributed by atoms with E-state index >= 15 is 0 Å². The van der Waals surface area contributed by atoms with E-state index in [-0.39, 0.29) is 23.1 Å². The Labute approximate surface area is 128 Å². The Morgan fingerprint density at radius 2 is 2.00 bits per heavy atom. The zero-order valence-corrected chi connectivity index (χ0v) is 14.0. The van der Waals surface area contributed by atoms with Gasteiger partial charge in [-0.15, -0.1) is 0 Å². The first-order valence-electron chi connectivity index (χ1n) is 6.81. The number of hydrogen-bond acceptors (Lipinski definition) is 2. The highest BCUT2D eigenvalue weighted by atomic mass is 79.9. The summed E-state index contributed by atoms with van der Waals surface area (Å²) in [5.41, 5.74) is 1.61. The van der Waals surface area contributed by atoms with Gasteiger partial charge in [-0.05, 0) is 42.0 Å². The fourth-order valence-electron chi connectivity index (χ4n) is 2.42. The second-order valence-electron chi connectivity index (χ2n) is 6.54. The molecule has 1 atom stereocenters. The second kappa shape index (κ2) is 5.32. The maximum Gasteiger partial charge on any atom is 0.260 e. The molecule has 1 unspecified atom stereocenters. The Morgan fingerprint density at radius 1 is 1.35 bits per heavy atom. The first-order valence-corrected chi connectivity index (χ1v) is 7.60. The third-order valence-electron chi connectivity index (χ3n) is 4.00. The van der Waals surface area contributed by atoms with Crippen molar-refractivity contribution in [2.24, 2.45) is 11.3 Å². The molecule has 0 aliphatic carbocycles. The summed E-state index contributed by atoms with van der Waals surface area (Å²) < 4.78 is 0.967. The molecule has 0 saturated carbocycles. The van der Waals surface area contributed by atoms with E-state index in [4.69, 9.17) is 0 Å². The van der Waals surface area contributed by atoms with Gasteiger partial charge in [-0.1, -0.05) is 36.7 Å². The summed E-state index contributed by atoms with van der Waals surface area (Å²) >= 11 is 3.42. The van der Waals surface area contributed by atoms with Gasteiger partial charge in [0.1, 0.15) is 0 Å². The number of halogens is 1. The average molecular weight is 338 g/mol. The van der Waals surface area contributed by atoms with E-state index < -0.39 is 0 Å². The van der Waals surface area contributed by atoms with Crippen LogP contribution >= 0.6 is 15.9 Å². The van der Waals surface area contributed by atoms with Crippen LogP contribution in [0.3, 0.4) is 0 Å². The zero-order valence-electron chi connectivity index (χ0n) is 12.4. The van der Waals surface area contributed by atoms with Crippen molar-refractivity contribution >= 4 is 27.7 Å². The van der Waals surface area contributed by atoms with Crippen molar-refractivity contribution in [3.8, 4) is 0 Å². The van der Waals surface area contributed by atoms with Crippen molar-refractivity contribution in [3.63, 3.8) is 0 Å². The van der Waals surface area contributed by atoms with Crippen molar-refractivity contribution in [2.45, 2.75) is 34.1 Å². The molecule has 1 aliphatic heterocycles. The van der Waals surface area contributed by atoms with Gasteiger partial charge in [0, 0.05) is 23.0 Å². The van der Waals surface area contributed by atoms with Gasteiger partial charge in [-0.25, -0.2) is 0 Å². The Bertz CT molecular complexity index is 560. The molecule has 0 aromatic heterocycles. The molecule has 4 heteroatoms. The van der Waals surface area contributed by atoms with Gasteiger partial charge >= 0.3 is 0 Å². The molecule has 1 fully saturated rings. The lowest BCUT2D eigenvalue weighted by molar-refractivity contribution is -0.125. The molecule has 1 aliphatic rings. The number of imide groups is 1. The number of likely N-dealkylation sites (tertiary alicyclic amines) is 1. The number of rotatable bonds is 1. The Hall–Kier alpha value is -1.16. The van der Waals surface area contributed by atoms with Crippen molar-refractivity contribution in [1.82, 2.24) is 4.90 Å². The highest BCUT2D eigenvalue weighted by molar-refractivity contribution is 9.10. The first-order chi connectivity index (χ1) is 9.20. The Morgan fingerprint density at radius 3 is 2.50 bits per heavy atom. The maximum absolute atomic E-state index is 12.5. The van der Waals surface area contributed by atoms with Crippen molar-refractivity contribution in [2.75, 3.05) is 6.54 Å². The molecule has 1 heterocycles. The van der Waals surface area contributed by atoms with Crippen LogP contribution in [-0.4, -0.2) is 23.3 Å². The van der Waals surface area contributed by atoms with Crippen LogP contribution in [0, 0.1) is 18.3 Å². The number of carbonyl (C=O) groups is 2. The van der Waals surface area contributed by atoms with Crippen LogP contribution in [0.1, 0.15) is 43.1 Å². The van der Waals surface area contributed by atoms with Gasteiger partial charge in [0.15, 0.2) is 0 Å². The molecule has 0 spiro atoms. The van der Waals surface area contributed by atoms with E-state index in [0.717, 1.165) is 10.0 Å². The van der Waals surface area contributed by atoms with Gasteiger partial charge in [0.2, 0.25) is 5.91 Å². The Balaban J connectivity index is 2.21. The largest absolute Gasteiger partial charge is 0.278 e. The summed E-state index contributed by atoms with van der Waals surface area (Å²) in [6.07, 6.45) is 0.463. The van der Waals surface area contributed by atoms with Crippen LogP contribution in [0.2, 0.25) is 0 Å². The third kappa shape index (κ3) is 2.95. The van der Waals surface area contributed by atoms with E-state index in [9.17, 15) is 9.59 Å². The second-order valence-corrected chi connectivity index (χ2v) is 7.39. The van der Waals surface area contributed by atoms with Gasteiger partial charge < -0.3 is 0 Å². The minimum atomic E-state index is -0.183. The van der Waals surface area contributed by atoms with E-state index in [0.29, 0.717) is 18.5 Å². The maximum atomic E-state index is 12.5. The summed E-state index contributed by atoms with van der Waals surface area (Å²) in [6, 6.07) is 5.44. The lowest BCUT2D eigenvalue weighted by Gasteiger charge is -2.26. The van der Waals surface area contributed by atoms with Crippen molar-refractivity contribution < 1.29 is 9.59 Å². The monoisotopic (exact) mass is 337 g/mol. The predicted octanol–water partition coefficient (Wildman–Crippen LogP) is 3.79. The van der Waals surface area contributed by atoms with Crippen molar-refractivity contribution in [3.05, 3.63) is 33.8 Å². The summed E-state index contributed by atoms with van der Waals surface area (Å²) in [5.74, 6) is -0.0108. The zero-order chi connectivity index (χ0) is 15.1. The highest BCUT2D eigenvalue weighted by Gasteiger charge is 2.39. The quantitative estimate of drug-likeness (QED) is 0.731. The lowest BCUT2D eigenvalue weighted by Crippen LogP contribution is -2.33. The minimum Gasteiger partial charge on any atom is -0.278 e. The lowest BCUT2D eigenvalue weighted by atomic mass is 9.80. The molecule has 0 bridgehead atoms. The minimum absolute atomic E-state index is 0.0420. The topological polar surface area (TPSA) is 37.4 Å². The van der Waals surface area contributed by atoms with Crippen molar-refractivity contribution in [1.29, 1.82) is 0 Å². The average Bonchev–Trinajstić information content (AvgIpc) is 2.74. The summed E-state index contributed by atoms with van der Waals surface area (Å²) in [7, 11) is 0. The summed E-state index contributed by atoms with van der Waals surface area (Å²) in [4.78, 5) is 26.0. The normalized spacial score (nSPS) is 19.6. The number of nitrogens with zero attached hydrogens (tertiary/aromatic N) is 1. The van der Waals surface area contributed by atoms with Crippen LogP contribution in [0.15, 0.2) is 22.7 Å². The number of hydrogen-bond donors (Lipinski definition) is 0. The van der Waals surface area contributed by atoms with Crippen LogP contribution in [-0.2, 0) is 4.79 Å². The predicted molar refractivity (Wildman–Crippen MR) is 82.5 cm³/mol. The van der Waals surface area contributed by atoms with Gasteiger partial charge in [-0.3, -0.25) is 14.5 Å². The van der Waals surface area contributed by atoms with E-state index in [2.05, 4.69) is 36.7 Å². The first kappa shape index (κ1) is 15.2. The molecule has 2 rings (SSSR count). The smallest absolute Gasteiger partial charge is 0.260 e. The molecule has 0 radical (unpaired) electrons. The molecule has 2 amide bonds. The highest BCUT2D eigenvalue weighted by Crippen LogP contribution is 2.35. The van der Waals surface area contributed by atoms with Gasteiger partial charge in [-0.2, -0.15) is 0 Å². The molecule has 3 nitrogen and oxygen atoms in total. The van der Waals surface area contributed by atoms with E-state index in [1.807, 2.05) is 19.1 Å². The summed E-state index contributed by atoms with van der Waals surface area (Å²) in [5, 5.41) is 0. The van der Waals surface area contributed by atoms with Crippen LogP contribution < -0.4 is 0 Å².